The number of hydrogen-bond acceptors (Lipinski definition) is 4. The highest BCUT2D eigenvalue weighted by molar-refractivity contribution is 5.90. The first-order valence-electron chi connectivity index (χ1n) is 5.39. The van der Waals surface area contributed by atoms with Gasteiger partial charge in [0.15, 0.2) is 0 Å². The molecule has 1 aliphatic rings. The van der Waals surface area contributed by atoms with Gasteiger partial charge in [0.25, 0.3) is 5.91 Å². The van der Waals surface area contributed by atoms with Crippen LogP contribution in [-0.2, 0) is 0 Å². The minimum Gasteiger partial charge on any atom is -0.489 e. The fourth-order valence-corrected chi connectivity index (χ4v) is 1.70. The summed E-state index contributed by atoms with van der Waals surface area (Å²) in [5.74, 6) is 0.172. The van der Waals surface area contributed by atoms with Gasteiger partial charge in [0, 0.05) is 0 Å². The molecule has 0 aliphatic carbocycles. The largest absolute Gasteiger partial charge is 0.489 e. The maximum atomic E-state index is 10.8. The number of hydrogen-bond donors (Lipinski definition) is 2. The molecule has 5 nitrogen and oxygen atoms in total. The lowest BCUT2D eigenvalue weighted by Gasteiger charge is -2.23. The third-order valence-corrected chi connectivity index (χ3v) is 2.58. The predicted octanol–water partition coefficient (Wildman–Crippen LogP) is 0.311. The standard InChI is InChI=1S/C11H15N3O2/c12-11(15)10-2-1-9(7-14-10)16-8-3-5-13-6-4-8/h1-2,7-8,13H,3-6H2,(H2,12,15). The average molecular weight is 221 g/mol. The number of ether oxygens (including phenoxy) is 1. The van der Waals surface area contributed by atoms with Gasteiger partial charge >= 0.3 is 0 Å². The van der Waals surface area contributed by atoms with E-state index in [9.17, 15) is 4.79 Å². The number of nitrogens with zero attached hydrogens (tertiary/aromatic N) is 1. The van der Waals surface area contributed by atoms with Crippen molar-refractivity contribution in [3.63, 3.8) is 0 Å². The van der Waals surface area contributed by atoms with Gasteiger partial charge in [-0.05, 0) is 38.1 Å². The Labute approximate surface area is 94.0 Å². The lowest BCUT2D eigenvalue weighted by Crippen LogP contribution is -2.34. The van der Waals surface area contributed by atoms with Crippen molar-refractivity contribution in [1.82, 2.24) is 10.3 Å². The van der Waals surface area contributed by atoms with Gasteiger partial charge in [0.1, 0.15) is 17.5 Å². The molecule has 0 bridgehead atoms. The van der Waals surface area contributed by atoms with Crippen molar-refractivity contribution in [2.75, 3.05) is 13.1 Å². The van der Waals surface area contributed by atoms with Crippen molar-refractivity contribution in [3.8, 4) is 5.75 Å². The van der Waals surface area contributed by atoms with Crippen LogP contribution in [0.2, 0.25) is 0 Å². The molecular formula is C11H15N3O2. The van der Waals surface area contributed by atoms with E-state index in [-0.39, 0.29) is 11.8 Å². The third-order valence-electron chi connectivity index (χ3n) is 2.58. The normalized spacial score (nSPS) is 17.0. The predicted molar refractivity (Wildman–Crippen MR) is 59.3 cm³/mol. The Hall–Kier alpha value is -1.62. The van der Waals surface area contributed by atoms with E-state index in [2.05, 4.69) is 10.3 Å². The van der Waals surface area contributed by atoms with Crippen molar-refractivity contribution in [1.29, 1.82) is 0 Å². The van der Waals surface area contributed by atoms with Crippen molar-refractivity contribution < 1.29 is 9.53 Å². The number of piperidine rings is 1. The zero-order valence-corrected chi connectivity index (χ0v) is 8.98. The SMILES string of the molecule is NC(=O)c1ccc(OC2CCNCC2)cn1. The maximum absolute atomic E-state index is 10.8. The van der Waals surface area contributed by atoms with E-state index in [1.807, 2.05) is 0 Å². The molecule has 86 valence electrons. The second-order valence-electron chi connectivity index (χ2n) is 3.81. The molecule has 0 spiro atoms. The van der Waals surface area contributed by atoms with Gasteiger partial charge in [-0.25, -0.2) is 4.98 Å². The molecule has 2 rings (SSSR count). The average Bonchev–Trinajstić information content (AvgIpc) is 2.31. The van der Waals surface area contributed by atoms with Gasteiger partial charge in [0.05, 0.1) is 6.20 Å². The summed E-state index contributed by atoms with van der Waals surface area (Å²) in [6.07, 6.45) is 3.78. The van der Waals surface area contributed by atoms with Crippen LogP contribution in [0.4, 0.5) is 0 Å². The fourth-order valence-electron chi connectivity index (χ4n) is 1.70. The van der Waals surface area contributed by atoms with Gasteiger partial charge in [-0.1, -0.05) is 0 Å². The van der Waals surface area contributed by atoms with Crippen LogP contribution in [0, 0.1) is 0 Å². The first-order valence-corrected chi connectivity index (χ1v) is 5.39. The first kappa shape index (κ1) is 10.9. The molecule has 0 unspecified atom stereocenters. The lowest BCUT2D eigenvalue weighted by molar-refractivity contribution is 0.0995. The summed E-state index contributed by atoms with van der Waals surface area (Å²) in [5, 5.41) is 3.27. The molecule has 1 fully saturated rings. The van der Waals surface area contributed by atoms with Crippen LogP contribution < -0.4 is 15.8 Å². The van der Waals surface area contributed by atoms with Crippen LogP contribution in [0.15, 0.2) is 18.3 Å². The quantitative estimate of drug-likeness (QED) is 0.770. The number of pyridine rings is 1. The van der Waals surface area contributed by atoms with Gasteiger partial charge in [-0.3, -0.25) is 4.79 Å². The number of carbonyl (C=O) groups excluding carboxylic acids is 1. The number of aromatic nitrogens is 1. The van der Waals surface area contributed by atoms with Gasteiger partial charge < -0.3 is 15.8 Å². The summed E-state index contributed by atoms with van der Waals surface area (Å²) in [6, 6.07) is 3.31. The molecule has 0 saturated carbocycles. The Balaban J connectivity index is 1.96. The Bertz CT molecular complexity index is 358. The molecule has 0 atom stereocenters. The molecule has 1 aromatic heterocycles. The second kappa shape index (κ2) is 4.94. The lowest BCUT2D eigenvalue weighted by atomic mass is 10.1. The van der Waals surface area contributed by atoms with Crippen LogP contribution in [0.5, 0.6) is 5.75 Å². The zero-order valence-electron chi connectivity index (χ0n) is 8.98. The highest BCUT2D eigenvalue weighted by atomic mass is 16.5. The molecule has 16 heavy (non-hydrogen) atoms. The van der Waals surface area contributed by atoms with E-state index < -0.39 is 5.91 Å². The molecule has 5 heteroatoms. The monoisotopic (exact) mass is 221 g/mol. The minimum absolute atomic E-state index is 0.238. The van der Waals surface area contributed by atoms with E-state index >= 15 is 0 Å². The maximum Gasteiger partial charge on any atom is 0.267 e. The molecule has 1 aliphatic heterocycles. The molecular weight excluding hydrogens is 206 g/mol. The summed E-state index contributed by atoms with van der Waals surface area (Å²) in [6.45, 7) is 1.97. The number of nitrogens with one attached hydrogen (secondary N) is 1. The van der Waals surface area contributed by atoms with Crippen molar-refractivity contribution in [2.24, 2.45) is 5.73 Å². The Morgan fingerprint density at radius 1 is 1.44 bits per heavy atom. The summed E-state index contributed by atoms with van der Waals surface area (Å²) in [4.78, 5) is 14.7. The smallest absolute Gasteiger partial charge is 0.267 e. The van der Waals surface area contributed by atoms with Crippen LogP contribution in [0.25, 0.3) is 0 Å². The molecule has 3 N–H and O–H groups in total. The Morgan fingerprint density at radius 3 is 2.75 bits per heavy atom. The summed E-state index contributed by atoms with van der Waals surface area (Å²) >= 11 is 0. The first-order chi connectivity index (χ1) is 7.75. The zero-order chi connectivity index (χ0) is 11.4. The summed E-state index contributed by atoms with van der Waals surface area (Å²) in [7, 11) is 0. The van der Waals surface area contributed by atoms with Crippen molar-refractivity contribution in [2.45, 2.75) is 18.9 Å². The topological polar surface area (TPSA) is 77.2 Å². The van der Waals surface area contributed by atoms with Crippen LogP contribution in [0.3, 0.4) is 0 Å². The van der Waals surface area contributed by atoms with E-state index in [1.54, 1.807) is 18.3 Å². The highest BCUT2D eigenvalue weighted by Crippen LogP contribution is 2.15. The number of rotatable bonds is 3. The summed E-state index contributed by atoms with van der Waals surface area (Å²) < 4.78 is 5.74. The Kier molecular flexibility index (Phi) is 3.36. The fraction of sp³-hybridized carbons (Fsp3) is 0.455. The van der Waals surface area contributed by atoms with Crippen LogP contribution in [0.1, 0.15) is 23.3 Å². The molecule has 1 aromatic rings. The minimum atomic E-state index is -0.520. The number of amides is 1. The van der Waals surface area contributed by atoms with E-state index in [0.29, 0.717) is 5.75 Å². The highest BCUT2D eigenvalue weighted by Gasteiger charge is 2.14. The number of carbonyl (C=O) groups is 1. The summed E-state index contributed by atoms with van der Waals surface area (Å²) in [5.41, 5.74) is 5.36. The van der Waals surface area contributed by atoms with Crippen LogP contribution in [-0.4, -0.2) is 30.1 Å². The molecule has 0 radical (unpaired) electrons. The van der Waals surface area contributed by atoms with E-state index in [0.717, 1.165) is 25.9 Å². The van der Waals surface area contributed by atoms with E-state index in [4.69, 9.17) is 10.5 Å². The van der Waals surface area contributed by atoms with Gasteiger partial charge in [-0.15, -0.1) is 0 Å². The van der Waals surface area contributed by atoms with Crippen LogP contribution >= 0.6 is 0 Å². The van der Waals surface area contributed by atoms with Gasteiger partial charge in [0.2, 0.25) is 0 Å². The molecule has 1 amide bonds. The van der Waals surface area contributed by atoms with E-state index in [1.165, 1.54) is 0 Å². The molecule has 2 heterocycles. The second-order valence-corrected chi connectivity index (χ2v) is 3.81. The molecule has 0 aromatic carbocycles. The number of nitrogens with two attached hydrogens (primary N) is 1. The molecule has 1 saturated heterocycles. The Morgan fingerprint density at radius 2 is 2.19 bits per heavy atom. The van der Waals surface area contributed by atoms with Crippen molar-refractivity contribution >= 4 is 5.91 Å². The van der Waals surface area contributed by atoms with Crippen molar-refractivity contribution in [3.05, 3.63) is 24.0 Å². The number of primary amides is 1. The van der Waals surface area contributed by atoms with Gasteiger partial charge in [-0.2, -0.15) is 0 Å². The third kappa shape index (κ3) is 2.70.